The monoisotopic (exact) mass is 388 g/mol. The van der Waals surface area contributed by atoms with Crippen LogP contribution in [0.2, 0.25) is 0 Å². The zero-order valence-electron chi connectivity index (χ0n) is 17.7. The summed E-state index contributed by atoms with van der Waals surface area (Å²) < 4.78 is 17.5. The molecule has 0 radical (unpaired) electrons. The molecule has 28 heavy (non-hydrogen) atoms. The molecule has 2 rings (SSSR count). The van der Waals surface area contributed by atoms with Crippen molar-refractivity contribution in [3.8, 4) is 11.5 Å². The van der Waals surface area contributed by atoms with Crippen LogP contribution >= 0.6 is 0 Å². The van der Waals surface area contributed by atoms with Crippen LogP contribution in [-0.4, -0.2) is 37.6 Å². The van der Waals surface area contributed by atoms with E-state index >= 15 is 0 Å². The van der Waals surface area contributed by atoms with E-state index < -0.39 is 6.10 Å². The Labute approximate surface area is 169 Å². The molecule has 2 unspecified atom stereocenters. The minimum atomic E-state index is -0.640. The number of aliphatic hydroxyl groups excluding tert-OH is 1. The van der Waals surface area contributed by atoms with Gasteiger partial charge < -0.3 is 19.3 Å². The summed E-state index contributed by atoms with van der Waals surface area (Å²) in [5.41, 5.74) is 0. The van der Waals surface area contributed by atoms with Crippen LogP contribution in [0.4, 0.5) is 0 Å². The molecule has 0 saturated heterocycles. The lowest BCUT2D eigenvalue weighted by Crippen LogP contribution is -2.25. The number of benzene rings is 2. The van der Waals surface area contributed by atoms with Gasteiger partial charge in [-0.3, -0.25) is 0 Å². The van der Waals surface area contributed by atoms with Crippen molar-refractivity contribution in [1.29, 1.82) is 0 Å². The molecule has 0 spiro atoms. The molecule has 0 amide bonds. The fourth-order valence-corrected chi connectivity index (χ4v) is 3.21. The number of hydrogen-bond acceptors (Lipinski definition) is 4. The highest BCUT2D eigenvalue weighted by molar-refractivity contribution is 5.93. The lowest BCUT2D eigenvalue weighted by molar-refractivity contribution is -0.000853. The Morgan fingerprint density at radius 1 is 0.821 bits per heavy atom. The van der Waals surface area contributed by atoms with Crippen molar-refractivity contribution in [2.45, 2.75) is 59.0 Å². The van der Waals surface area contributed by atoms with E-state index in [9.17, 15) is 5.11 Å². The summed E-state index contributed by atoms with van der Waals surface area (Å²) in [7, 11) is 0. The summed E-state index contributed by atoms with van der Waals surface area (Å²) in [6.45, 7) is 8.42. The van der Waals surface area contributed by atoms with Crippen LogP contribution in [0, 0.1) is 5.92 Å². The van der Waals surface area contributed by atoms with Gasteiger partial charge in [-0.15, -0.1) is 0 Å². The summed E-state index contributed by atoms with van der Waals surface area (Å²) in [6.07, 6.45) is 5.08. The van der Waals surface area contributed by atoms with Crippen LogP contribution in [0.25, 0.3) is 10.8 Å². The molecule has 2 atom stereocenters. The lowest BCUT2D eigenvalue weighted by atomic mass is 10.0. The van der Waals surface area contributed by atoms with Crippen LogP contribution in [-0.2, 0) is 4.74 Å². The zero-order chi connectivity index (χ0) is 20.2. The molecule has 4 heteroatoms. The van der Waals surface area contributed by atoms with Crippen molar-refractivity contribution >= 4 is 10.8 Å². The van der Waals surface area contributed by atoms with Crippen molar-refractivity contribution < 1.29 is 19.3 Å². The van der Waals surface area contributed by atoms with Gasteiger partial charge in [0.25, 0.3) is 0 Å². The number of fused-ring (bicyclic) bond motifs is 1. The van der Waals surface area contributed by atoms with E-state index in [-0.39, 0.29) is 6.61 Å². The Hall–Kier alpha value is -1.78. The van der Waals surface area contributed by atoms with E-state index in [0.717, 1.165) is 35.1 Å². The third-order valence-electron chi connectivity index (χ3n) is 4.94. The van der Waals surface area contributed by atoms with Crippen molar-refractivity contribution in [2.24, 2.45) is 5.92 Å². The predicted octanol–water partition coefficient (Wildman–Crippen LogP) is 5.60. The first-order valence-corrected chi connectivity index (χ1v) is 10.7. The van der Waals surface area contributed by atoms with Crippen molar-refractivity contribution in [3.63, 3.8) is 0 Å². The molecule has 2 aromatic carbocycles. The number of hydrogen-bond donors (Lipinski definition) is 1. The first-order valence-electron chi connectivity index (χ1n) is 10.7. The standard InChI is InChI=1S/C24H36O4/c1-4-7-10-19(6-3)16-26-17-20(25)18-28-24-14-13-23(27-15-5-2)21-11-8-9-12-22(21)24/h8-9,11-14,19-20,25H,4-7,10,15-18H2,1-3H3. The van der Waals surface area contributed by atoms with Gasteiger partial charge in [0.1, 0.15) is 24.2 Å². The molecule has 4 nitrogen and oxygen atoms in total. The number of unbranched alkanes of at least 4 members (excludes halogenated alkanes) is 1. The Kier molecular flexibility index (Phi) is 10.2. The maximum absolute atomic E-state index is 10.2. The molecule has 1 N–H and O–H groups in total. The van der Waals surface area contributed by atoms with E-state index in [2.05, 4.69) is 20.8 Å². The van der Waals surface area contributed by atoms with E-state index in [1.54, 1.807) is 0 Å². The maximum Gasteiger partial charge on any atom is 0.127 e. The topological polar surface area (TPSA) is 47.9 Å². The maximum atomic E-state index is 10.2. The van der Waals surface area contributed by atoms with Gasteiger partial charge in [0, 0.05) is 17.4 Å². The van der Waals surface area contributed by atoms with Crippen molar-refractivity contribution in [2.75, 3.05) is 26.4 Å². The predicted molar refractivity (Wildman–Crippen MR) is 115 cm³/mol. The molecule has 0 saturated carbocycles. The highest BCUT2D eigenvalue weighted by Gasteiger charge is 2.12. The van der Waals surface area contributed by atoms with Gasteiger partial charge in [-0.1, -0.05) is 64.3 Å². The van der Waals surface area contributed by atoms with E-state index in [1.807, 2.05) is 36.4 Å². The van der Waals surface area contributed by atoms with Crippen LogP contribution in [0.15, 0.2) is 36.4 Å². The number of aliphatic hydroxyl groups is 1. The van der Waals surface area contributed by atoms with Gasteiger partial charge in [-0.25, -0.2) is 0 Å². The summed E-state index contributed by atoms with van der Waals surface area (Å²) in [5.74, 6) is 2.20. The van der Waals surface area contributed by atoms with E-state index in [4.69, 9.17) is 14.2 Å². The zero-order valence-corrected chi connectivity index (χ0v) is 17.7. The third-order valence-corrected chi connectivity index (χ3v) is 4.94. The van der Waals surface area contributed by atoms with Gasteiger partial charge in [0.15, 0.2) is 0 Å². The SMILES string of the molecule is CCCCC(CC)COCC(O)COc1ccc(OCCC)c2ccccc12. The van der Waals surface area contributed by atoms with Gasteiger partial charge in [-0.2, -0.15) is 0 Å². The fourth-order valence-electron chi connectivity index (χ4n) is 3.21. The van der Waals surface area contributed by atoms with Gasteiger partial charge in [0.2, 0.25) is 0 Å². The minimum Gasteiger partial charge on any atom is -0.493 e. The summed E-state index contributed by atoms with van der Waals surface area (Å²) in [4.78, 5) is 0. The highest BCUT2D eigenvalue weighted by Crippen LogP contribution is 2.33. The van der Waals surface area contributed by atoms with Gasteiger partial charge >= 0.3 is 0 Å². The average Bonchev–Trinajstić information content (AvgIpc) is 2.73. The summed E-state index contributed by atoms with van der Waals surface area (Å²) in [5, 5.41) is 12.3. The second-order valence-corrected chi connectivity index (χ2v) is 7.37. The molecular formula is C24H36O4. The largest absolute Gasteiger partial charge is 0.493 e. The summed E-state index contributed by atoms with van der Waals surface area (Å²) >= 11 is 0. The van der Waals surface area contributed by atoms with Gasteiger partial charge in [0.05, 0.1) is 13.2 Å². The van der Waals surface area contributed by atoms with Crippen LogP contribution < -0.4 is 9.47 Å². The van der Waals surface area contributed by atoms with Gasteiger partial charge in [-0.05, 0) is 30.9 Å². The molecule has 0 aliphatic carbocycles. The molecule has 0 fully saturated rings. The minimum absolute atomic E-state index is 0.213. The molecule has 0 aromatic heterocycles. The highest BCUT2D eigenvalue weighted by atomic mass is 16.5. The second kappa shape index (κ2) is 12.6. The molecule has 156 valence electrons. The third kappa shape index (κ3) is 6.99. The molecule has 2 aromatic rings. The van der Waals surface area contributed by atoms with Crippen LogP contribution in [0.1, 0.15) is 52.9 Å². The normalized spacial score (nSPS) is 13.4. The Morgan fingerprint density at radius 3 is 2.11 bits per heavy atom. The van der Waals surface area contributed by atoms with E-state index in [0.29, 0.717) is 25.7 Å². The number of ether oxygens (including phenoxy) is 3. The average molecular weight is 389 g/mol. The lowest BCUT2D eigenvalue weighted by Gasteiger charge is -2.18. The molecule has 0 heterocycles. The second-order valence-electron chi connectivity index (χ2n) is 7.37. The fraction of sp³-hybridized carbons (Fsp3) is 0.583. The molecule has 0 aliphatic rings. The van der Waals surface area contributed by atoms with Crippen LogP contribution in [0.5, 0.6) is 11.5 Å². The first-order chi connectivity index (χ1) is 13.7. The molecule has 0 bridgehead atoms. The first kappa shape index (κ1) is 22.5. The quantitative estimate of drug-likeness (QED) is 0.457. The Bertz CT molecular complexity index is 685. The van der Waals surface area contributed by atoms with Crippen LogP contribution in [0.3, 0.4) is 0 Å². The van der Waals surface area contributed by atoms with Crippen molar-refractivity contribution in [3.05, 3.63) is 36.4 Å². The van der Waals surface area contributed by atoms with E-state index in [1.165, 1.54) is 19.3 Å². The Morgan fingerprint density at radius 2 is 1.50 bits per heavy atom. The van der Waals surface area contributed by atoms with Crippen molar-refractivity contribution in [1.82, 2.24) is 0 Å². The summed E-state index contributed by atoms with van der Waals surface area (Å²) in [6, 6.07) is 11.9. The smallest absolute Gasteiger partial charge is 0.127 e. The molecule has 0 aliphatic heterocycles. The Balaban J connectivity index is 1.87. The molecular weight excluding hydrogens is 352 g/mol. The number of rotatable bonds is 14.